The summed E-state index contributed by atoms with van der Waals surface area (Å²) in [5, 5.41) is 22.5. The zero-order chi connectivity index (χ0) is 26.0. The third kappa shape index (κ3) is 6.40. The molecule has 0 aliphatic carbocycles. The SMILES string of the molecule is O=[N+]([O-])c1ccccc1C=Nc1ccccc1OCOc1ccccc1N=Cc1ccccc1[N+](=O)[O-]. The maximum absolute atomic E-state index is 11.2. The van der Waals surface area contributed by atoms with Crippen LogP contribution in [0.1, 0.15) is 11.1 Å². The summed E-state index contributed by atoms with van der Waals surface area (Å²) in [6, 6.07) is 26.5. The van der Waals surface area contributed by atoms with Gasteiger partial charge >= 0.3 is 0 Å². The van der Waals surface area contributed by atoms with Gasteiger partial charge in [-0.3, -0.25) is 30.2 Å². The molecule has 37 heavy (non-hydrogen) atoms. The van der Waals surface area contributed by atoms with Gasteiger partial charge in [0.2, 0.25) is 6.79 Å². The summed E-state index contributed by atoms with van der Waals surface area (Å²) in [6.07, 6.45) is 2.82. The molecule has 0 unspecified atom stereocenters. The van der Waals surface area contributed by atoms with Crippen LogP contribution >= 0.6 is 0 Å². The second-order valence-electron chi connectivity index (χ2n) is 7.49. The largest absolute Gasteiger partial charge is 0.455 e. The maximum Gasteiger partial charge on any atom is 0.278 e. The lowest BCUT2D eigenvalue weighted by molar-refractivity contribution is -0.385. The number of nitrogens with zero attached hydrogens (tertiary/aromatic N) is 4. The molecular formula is C27H20N4O6. The standard InChI is InChI=1S/C27H20N4O6/c32-30(33)24-13-5-1-9-20(24)17-28-22-11-3-7-15-26(22)36-19-37-27-16-8-4-12-23(27)29-18-21-10-2-6-14-25(21)31(34)35/h1-18H,19H2. The number of hydrogen-bond acceptors (Lipinski definition) is 8. The zero-order valence-corrected chi connectivity index (χ0v) is 19.3. The molecule has 0 amide bonds. The van der Waals surface area contributed by atoms with E-state index in [-0.39, 0.29) is 18.2 Å². The first-order valence-corrected chi connectivity index (χ1v) is 11.0. The van der Waals surface area contributed by atoms with Gasteiger partial charge in [-0.1, -0.05) is 48.5 Å². The minimum Gasteiger partial charge on any atom is -0.455 e. The molecule has 0 N–H and O–H groups in total. The van der Waals surface area contributed by atoms with Gasteiger partial charge in [0.1, 0.15) is 22.9 Å². The van der Waals surface area contributed by atoms with Crippen molar-refractivity contribution in [3.8, 4) is 11.5 Å². The molecule has 4 aromatic carbocycles. The maximum atomic E-state index is 11.2. The van der Waals surface area contributed by atoms with Crippen LogP contribution in [0.3, 0.4) is 0 Å². The second kappa shape index (κ2) is 11.8. The van der Waals surface area contributed by atoms with Crippen LogP contribution in [-0.2, 0) is 0 Å². The van der Waals surface area contributed by atoms with Crippen molar-refractivity contribution in [3.05, 3.63) is 128 Å². The van der Waals surface area contributed by atoms with Crippen LogP contribution in [0.4, 0.5) is 22.7 Å². The lowest BCUT2D eigenvalue weighted by Gasteiger charge is -2.11. The van der Waals surface area contributed by atoms with Gasteiger partial charge in [-0.15, -0.1) is 0 Å². The monoisotopic (exact) mass is 496 g/mol. The van der Waals surface area contributed by atoms with Gasteiger partial charge in [0.15, 0.2) is 0 Å². The van der Waals surface area contributed by atoms with Crippen molar-refractivity contribution in [2.45, 2.75) is 0 Å². The van der Waals surface area contributed by atoms with Gasteiger partial charge in [-0.2, -0.15) is 0 Å². The molecule has 0 spiro atoms. The topological polar surface area (TPSA) is 129 Å². The molecule has 4 rings (SSSR count). The van der Waals surface area contributed by atoms with Crippen LogP contribution in [0, 0.1) is 20.2 Å². The molecule has 0 radical (unpaired) electrons. The highest BCUT2D eigenvalue weighted by molar-refractivity contribution is 5.88. The van der Waals surface area contributed by atoms with Crippen molar-refractivity contribution >= 4 is 35.2 Å². The van der Waals surface area contributed by atoms with Gasteiger partial charge in [-0.25, -0.2) is 0 Å². The number of benzene rings is 4. The van der Waals surface area contributed by atoms with Gasteiger partial charge in [0.05, 0.1) is 21.0 Å². The van der Waals surface area contributed by atoms with Crippen molar-refractivity contribution in [2.24, 2.45) is 9.98 Å². The Kier molecular flexibility index (Phi) is 7.92. The molecule has 0 saturated carbocycles. The number of nitro groups is 2. The average molecular weight is 496 g/mol. The number of rotatable bonds is 10. The fourth-order valence-corrected chi connectivity index (χ4v) is 3.33. The Morgan fingerprint density at radius 3 is 1.41 bits per heavy atom. The zero-order valence-electron chi connectivity index (χ0n) is 19.3. The van der Waals surface area contributed by atoms with E-state index in [1.165, 1.54) is 24.6 Å². The second-order valence-corrected chi connectivity index (χ2v) is 7.49. The molecule has 0 heterocycles. The summed E-state index contributed by atoms with van der Waals surface area (Å²) in [5.41, 5.74) is 1.56. The van der Waals surface area contributed by atoms with Crippen LogP contribution in [-0.4, -0.2) is 29.1 Å². The third-order valence-corrected chi connectivity index (χ3v) is 5.11. The number of ether oxygens (including phenoxy) is 2. The molecule has 4 aromatic rings. The first kappa shape index (κ1) is 24.7. The summed E-state index contributed by atoms with van der Waals surface area (Å²) in [5.74, 6) is 0.830. The fraction of sp³-hybridized carbons (Fsp3) is 0.0370. The Hall–Kier alpha value is -5.38. The summed E-state index contributed by atoms with van der Waals surface area (Å²) < 4.78 is 11.5. The van der Waals surface area contributed by atoms with Crippen molar-refractivity contribution in [1.29, 1.82) is 0 Å². The summed E-state index contributed by atoms with van der Waals surface area (Å²) >= 11 is 0. The number of para-hydroxylation sites is 6. The molecule has 0 aromatic heterocycles. The Morgan fingerprint density at radius 1 is 0.595 bits per heavy atom. The highest BCUT2D eigenvalue weighted by atomic mass is 16.7. The predicted octanol–water partition coefficient (Wildman–Crippen LogP) is 6.42. The summed E-state index contributed by atoms with van der Waals surface area (Å²) in [4.78, 5) is 30.3. The molecule has 0 aliphatic heterocycles. The van der Waals surface area contributed by atoms with E-state index in [0.29, 0.717) is 34.0 Å². The van der Waals surface area contributed by atoms with Crippen LogP contribution < -0.4 is 9.47 Å². The van der Waals surface area contributed by atoms with E-state index in [9.17, 15) is 20.2 Å². The normalized spacial score (nSPS) is 11.0. The Labute approximate surface area is 211 Å². The first-order chi connectivity index (χ1) is 18.0. The van der Waals surface area contributed by atoms with E-state index < -0.39 is 9.85 Å². The van der Waals surface area contributed by atoms with E-state index >= 15 is 0 Å². The molecule has 0 fully saturated rings. The lowest BCUT2D eigenvalue weighted by Crippen LogP contribution is -2.06. The van der Waals surface area contributed by atoms with Gasteiger partial charge in [0, 0.05) is 24.6 Å². The van der Waals surface area contributed by atoms with E-state index in [0.717, 1.165) is 0 Å². The first-order valence-electron chi connectivity index (χ1n) is 11.0. The quantitative estimate of drug-likeness (QED) is 0.108. The van der Waals surface area contributed by atoms with Crippen LogP contribution in [0.25, 0.3) is 0 Å². The van der Waals surface area contributed by atoms with Crippen molar-refractivity contribution in [3.63, 3.8) is 0 Å². The number of nitro benzene ring substituents is 2. The predicted molar refractivity (Wildman–Crippen MR) is 140 cm³/mol. The van der Waals surface area contributed by atoms with E-state index in [1.54, 1.807) is 84.9 Å². The van der Waals surface area contributed by atoms with Crippen molar-refractivity contribution in [2.75, 3.05) is 6.79 Å². The minimum atomic E-state index is -0.465. The van der Waals surface area contributed by atoms with E-state index in [4.69, 9.17) is 9.47 Å². The number of hydrogen-bond donors (Lipinski definition) is 0. The molecule has 0 aliphatic rings. The van der Waals surface area contributed by atoms with Crippen LogP contribution in [0.15, 0.2) is 107 Å². The van der Waals surface area contributed by atoms with Crippen molar-refractivity contribution in [1.82, 2.24) is 0 Å². The molecule has 10 nitrogen and oxygen atoms in total. The lowest BCUT2D eigenvalue weighted by atomic mass is 10.2. The van der Waals surface area contributed by atoms with Gasteiger partial charge in [-0.05, 0) is 36.4 Å². The van der Waals surface area contributed by atoms with Crippen LogP contribution in [0.5, 0.6) is 11.5 Å². The van der Waals surface area contributed by atoms with Crippen LogP contribution in [0.2, 0.25) is 0 Å². The molecule has 184 valence electrons. The van der Waals surface area contributed by atoms with E-state index in [1.807, 2.05) is 0 Å². The van der Waals surface area contributed by atoms with Gasteiger partial charge < -0.3 is 9.47 Å². The average Bonchev–Trinajstić information content (AvgIpc) is 2.92. The van der Waals surface area contributed by atoms with Gasteiger partial charge in [0.25, 0.3) is 11.4 Å². The molecule has 10 heteroatoms. The van der Waals surface area contributed by atoms with Crippen molar-refractivity contribution < 1.29 is 19.3 Å². The minimum absolute atomic E-state index is 0.0500. The summed E-state index contributed by atoms with van der Waals surface area (Å²) in [7, 11) is 0. The molecule has 0 bridgehead atoms. The highest BCUT2D eigenvalue weighted by Gasteiger charge is 2.12. The Balaban J connectivity index is 1.46. The Bertz CT molecular complexity index is 1370. The number of aliphatic imine (C=N–C) groups is 2. The molecular weight excluding hydrogens is 476 g/mol. The third-order valence-electron chi connectivity index (χ3n) is 5.11. The summed E-state index contributed by atoms with van der Waals surface area (Å²) in [6.45, 7) is -0.171. The molecule has 0 atom stereocenters. The fourth-order valence-electron chi connectivity index (χ4n) is 3.33. The highest BCUT2D eigenvalue weighted by Crippen LogP contribution is 2.30. The molecule has 0 saturated heterocycles. The van der Waals surface area contributed by atoms with E-state index in [2.05, 4.69) is 9.98 Å². The smallest absolute Gasteiger partial charge is 0.278 e. The Morgan fingerprint density at radius 2 is 0.973 bits per heavy atom.